The molecule has 0 aliphatic carbocycles. The van der Waals surface area contributed by atoms with E-state index in [1.165, 1.54) is 0 Å². The van der Waals surface area contributed by atoms with Crippen LogP contribution in [0.5, 0.6) is 5.75 Å². The summed E-state index contributed by atoms with van der Waals surface area (Å²) in [5, 5.41) is 12.8. The van der Waals surface area contributed by atoms with Gasteiger partial charge in [0.1, 0.15) is 5.75 Å². The minimum absolute atomic E-state index is 0.309. The van der Waals surface area contributed by atoms with Crippen molar-refractivity contribution in [1.82, 2.24) is 5.32 Å². The number of aliphatic hydroxyl groups is 1. The van der Waals surface area contributed by atoms with Gasteiger partial charge in [-0.3, -0.25) is 0 Å². The molecular weight excluding hydrogens is 222 g/mol. The van der Waals surface area contributed by atoms with Crippen molar-refractivity contribution in [3.63, 3.8) is 0 Å². The van der Waals surface area contributed by atoms with Crippen molar-refractivity contribution < 1.29 is 9.84 Å². The largest absolute Gasteiger partial charge is 0.497 e. The van der Waals surface area contributed by atoms with Crippen LogP contribution in [0.2, 0.25) is 0 Å². The molecule has 90 valence electrons. The molecule has 0 bridgehead atoms. The van der Waals surface area contributed by atoms with Crippen LogP contribution in [-0.2, 0) is 0 Å². The van der Waals surface area contributed by atoms with Crippen LogP contribution in [0.3, 0.4) is 0 Å². The van der Waals surface area contributed by atoms with Gasteiger partial charge in [-0.1, -0.05) is 13.0 Å². The van der Waals surface area contributed by atoms with Crippen LogP contribution >= 0.6 is 11.8 Å². The average Bonchev–Trinajstić information content (AvgIpc) is 2.34. The molecule has 0 spiro atoms. The van der Waals surface area contributed by atoms with E-state index < -0.39 is 0 Å². The molecule has 4 heteroatoms. The molecule has 0 aliphatic rings. The lowest BCUT2D eigenvalue weighted by molar-refractivity contribution is 0.197. The number of methoxy groups -OCH3 is 1. The number of aliphatic hydroxyl groups excluding tert-OH is 1. The van der Waals surface area contributed by atoms with Gasteiger partial charge in [0.25, 0.3) is 0 Å². The molecule has 0 aliphatic heterocycles. The van der Waals surface area contributed by atoms with E-state index in [1.54, 1.807) is 18.9 Å². The van der Waals surface area contributed by atoms with E-state index in [1.807, 2.05) is 31.2 Å². The number of benzene rings is 1. The van der Waals surface area contributed by atoms with Crippen molar-refractivity contribution in [3.8, 4) is 5.75 Å². The van der Waals surface area contributed by atoms with Crippen molar-refractivity contribution in [2.75, 3.05) is 26.0 Å². The maximum absolute atomic E-state index is 9.65. The highest BCUT2D eigenvalue weighted by molar-refractivity contribution is 7.99. The Bertz CT molecular complexity index is 307. The third-order valence-corrected chi connectivity index (χ3v) is 3.25. The highest BCUT2D eigenvalue weighted by Crippen LogP contribution is 2.23. The van der Waals surface area contributed by atoms with Gasteiger partial charge in [0.15, 0.2) is 0 Å². The maximum atomic E-state index is 9.65. The minimum Gasteiger partial charge on any atom is -0.497 e. The first-order valence-corrected chi connectivity index (χ1v) is 6.40. The Morgan fingerprint density at radius 3 is 3.00 bits per heavy atom. The van der Waals surface area contributed by atoms with Crippen LogP contribution < -0.4 is 10.1 Å². The summed E-state index contributed by atoms with van der Waals surface area (Å²) in [6.07, 6.45) is -0.309. The number of rotatable bonds is 7. The summed E-state index contributed by atoms with van der Waals surface area (Å²) >= 11 is 1.64. The Balaban J connectivity index is 2.35. The summed E-state index contributed by atoms with van der Waals surface area (Å²) in [5.41, 5.74) is 0. The molecule has 0 saturated heterocycles. The zero-order chi connectivity index (χ0) is 11.8. The van der Waals surface area contributed by atoms with Gasteiger partial charge >= 0.3 is 0 Å². The lowest BCUT2D eigenvalue weighted by atomic mass is 10.3. The van der Waals surface area contributed by atoms with E-state index in [4.69, 9.17) is 4.74 Å². The normalized spacial score (nSPS) is 12.4. The second kappa shape index (κ2) is 7.54. The molecular formula is C12H19NO2S. The van der Waals surface area contributed by atoms with Gasteiger partial charge in [0.2, 0.25) is 0 Å². The fourth-order valence-corrected chi connectivity index (χ4v) is 2.13. The molecule has 1 aromatic rings. The zero-order valence-corrected chi connectivity index (χ0v) is 10.6. The Hall–Kier alpha value is -0.710. The second-order valence-corrected chi connectivity index (χ2v) is 4.54. The SMILES string of the molecule is CCNCC(O)CSc1cccc(OC)c1. The third-order valence-electron chi connectivity index (χ3n) is 2.11. The first-order valence-electron chi connectivity index (χ1n) is 5.42. The maximum Gasteiger partial charge on any atom is 0.119 e. The highest BCUT2D eigenvalue weighted by Gasteiger charge is 2.04. The van der Waals surface area contributed by atoms with E-state index >= 15 is 0 Å². The molecule has 0 fully saturated rings. The molecule has 0 aromatic heterocycles. The Labute approximate surface area is 101 Å². The molecule has 3 nitrogen and oxygen atoms in total. The van der Waals surface area contributed by atoms with Crippen molar-refractivity contribution >= 4 is 11.8 Å². The topological polar surface area (TPSA) is 41.5 Å². The number of hydrogen-bond donors (Lipinski definition) is 2. The first kappa shape index (κ1) is 13.4. The number of thioether (sulfide) groups is 1. The van der Waals surface area contributed by atoms with Crippen molar-refractivity contribution in [2.24, 2.45) is 0 Å². The molecule has 2 N–H and O–H groups in total. The monoisotopic (exact) mass is 241 g/mol. The van der Waals surface area contributed by atoms with Gasteiger partial charge in [-0.05, 0) is 24.7 Å². The predicted molar refractivity (Wildman–Crippen MR) is 68.3 cm³/mol. The van der Waals surface area contributed by atoms with E-state index in [0.717, 1.165) is 17.2 Å². The molecule has 1 unspecified atom stereocenters. The number of hydrogen-bond acceptors (Lipinski definition) is 4. The summed E-state index contributed by atoms with van der Waals surface area (Å²) in [7, 11) is 1.66. The fourth-order valence-electron chi connectivity index (χ4n) is 1.25. The Morgan fingerprint density at radius 1 is 1.50 bits per heavy atom. The van der Waals surface area contributed by atoms with Crippen LogP contribution in [0.25, 0.3) is 0 Å². The Kier molecular flexibility index (Phi) is 6.30. The van der Waals surface area contributed by atoms with Crippen LogP contribution in [0.1, 0.15) is 6.92 Å². The average molecular weight is 241 g/mol. The van der Waals surface area contributed by atoms with Crippen LogP contribution in [0.4, 0.5) is 0 Å². The van der Waals surface area contributed by atoms with E-state index in [0.29, 0.717) is 12.3 Å². The van der Waals surface area contributed by atoms with Gasteiger partial charge in [-0.25, -0.2) is 0 Å². The standard InChI is InChI=1S/C12H19NO2S/c1-3-13-8-10(14)9-16-12-6-4-5-11(7-12)15-2/h4-7,10,13-14H,3,8-9H2,1-2H3. The quantitative estimate of drug-likeness (QED) is 0.714. The van der Waals surface area contributed by atoms with Crippen LogP contribution in [-0.4, -0.2) is 37.2 Å². The van der Waals surface area contributed by atoms with E-state index in [9.17, 15) is 5.11 Å². The van der Waals surface area contributed by atoms with Crippen molar-refractivity contribution in [2.45, 2.75) is 17.9 Å². The third kappa shape index (κ3) is 4.88. The molecule has 0 heterocycles. The summed E-state index contributed by atoms with van der Waals surface area (Å²) in [6, 6.07) is 7.87. The van der Waals surface area contributed by atoms with Gasteiger partial charge in [0.05, 0.1) is 13.2 Å². The lowest BCUT2D eigenvalue weighted by Crippen LogP contribution is -2.28. The number of likely N-dealkylation sites (N-methyl/N-ethyl adjacent to an activating group) is 1. The molecule has 0 radical (unpaired) electrons. The minimum atomic E-state index is -0.309. The van der Waals surface area contributed by atoms with Gasteiger partial charge < -0.3 is 15.2 Å². The summed E-state index contributed by atoms with van der Waals surface area (Å²) in [6.45, 7) is 3.57. The molecule has 0 amide bonds. The lowest BCUT2D eigenvalue weighted by Gasteiger charge is -2.10. The summed E-state index contributed by atoms with van der Waals surface area (Å²) < 4.78 is 5.14. The van der Waals surface area contributed by atoms with Crippen molar-refractivity contribution in [1.29, 1.82) is 0 Å². The van der Waals surface area contributed by atoms with Gasteiger partial charge in [0, 0.05) is 17.2 Å². The number of nitrogens with one attached hydrogen (secondary N) is 1. The molecule has 1 rings (SSSR count). The van der Waals surface area contributed by atoms with Crippen LogP contribution in [0, 0.1) is 0 Å². The van der Waals surface area contributed by atoms with Crippen molar-refractivity contribution in [3.05, 3.63) is 24.3 Å². The van der Waals surface area contributed by atoms with E-state index in [-0.39, 0.29) is 6.10 Å². The smallest absolute Gasteiger partial charge is 0.119 e. The van der Waals surface area contributed by atoms with Gasteiger partial charge in [-0.15, -0.1) is 11.8 Å². The molecule has 16 heavy (non-hydrogen) atoms. The second-order valence-electron chi connectivity index (χ2n) is 3.45. The summed E-state index contributed by atoms with van der Waals surface area (Å²) in [5.74, 6) is 1.55. The molecule has 1 aromatic carbocycles. The zero-order valence-electron chi connectivity index (χ0n) is 9.77. The predicted octanol–water partition coefficient (Wildman–Crippen LogP) is 1.76. The van der Waals surface area contributed by atoms with Crippen LogP contribution in [0.15, 0.2) is 29.2 Å². The molecule has 1 atom stereocenters. The fraction of sp³-hybridized carbons (Fsp3) is 0.500. The number of ether oxygens (including phenoxy) is 1. The highest BCUT2D eigenvalue weighted by atomic mass is 32.2. The first-order chi connectivity index (χ1) is 7.76. The summed E-state index contributed by atoms with van der Waals surface area (Å²) in [4.78, 5) is 1.12. The van der Waals surface area contributed by atoms with Gasteiger partial charge in [-0.2, -0.15) is 0 Å². The Morgan fingerprint density at radius 2 is 2.31 bits per heavy atom. The molecule has 0 saturated carbocycles. The van der Waals surface area contributed by atoms with E-state index in [2.05, 4.69) is 5.32 Å².